The molecular formula is C12H12Cl2N2O2S. The zero-order valence-corrected chi connectivity index (χ0v) is 12.5. The van der Waals surface area contributed by atoms with Crippen molar-refractivity contribution in [3.05, 3.63) is 46.2 Å². The number of nitrogens with zero attached hydrogens (tertiary/aromatic N) is 2. The molecule has 1 aromatic carbocycles. The Hall–Kier alpha value is -1.04. The van der Waals surface area contributed by atoms with Crippen LogP contribution in [0, 0.1) is 0 Å². The molecule has 7 heteroatoms. The second-order valence-electron chi connectivity index (χ2n) is 4.17. The molecule has 2 aromatic rings. The third-order valence-electron chi connectivity index (χ3n) is 2.67. The van der Waals surface area contributed by atoms with Gasteiger partial charge in [-0.2, -0.15) is 5.10 Å². The molecule has 0 N–H and O–H groups in total. The molecule has 0 atom stereocenters. The van der Waals surface area contributed by atoms with E-state index < -0.39 is 9.84 Å². The van der Waals surface area contributed by atoms with E-state index in [0.717, 1.165) is 5.56 Å². The minimum absolute atomic E-state index is 0.0106. The number of rotatable bonds is 4. The molecule has 1 heterocycles. The van der Waals surface area contributed by atoms with Gasteiger partial charge in [-0.1, -0.05) is 23.2 Å². The van der Waals surface area contributed by atoms with Crippen molar-refractivity contribution in [1.29, 1.82) is 0 Å². The van der Waals surface area contributed by atoms with E-state index in [4.69, 9.17) is 23.2 Å². The van der Waals surface area contributed by atoms with Gasteiger partial charge in [-0.15, -0.1) is 0 Å². The van der Waals surface area contributed by atoms with Crippen molar-refractivity contribution in [2.24, 2.45) is 7.05 Å². The van der Waals surface area contributed by atoms with Crippen LogP contribution in [0.1, 0.15) is 5.56 Å². The molecule has 0 radical (unpaired) electrons. The minimum Gasteiger partial charge on any atom is -0.276 e. The van der Waals surface area contributed by atoms with Gasteiger partial charge < -0.3 is 0 Å². The Balaban J connectivity index is 2.16. The van der Waals surface area contributed by atoms with Crippen LogP contribution < -0.4 is 0 Å². The molecule has 2 rings (SSSR count). The summed E-state index contributed by atoms with van der Waals surface area (Å²) in [6, 6.07) is 4.33. The molecule has 0 saturated carbocycles. The van der Waals surface area contributed by atoms with Gasteiger partial charge in [0, 0.05) is 13.2 Å². The fourth-order valence-electron chi connectivity index (χ4n) is 1.64. The summed E-state index contributed by atoms with van der Waals surface area (Å²) < 4.78 is 25.9. The van der Waals surface area contributed by atoms with Crippen molar-refractivity contribution in [3.63, 3.8) is 0 Å². The fraction of sp³-hybridized carbons (Fsp3) is 0.250. The van der Waals surface area contributed by atoms with Crippen LogP contribution in [0.4, 0.5) is 0 Å². The molecule has 0 bridgehead atoms. The summed E-state index contributed by atoms with van der Waals surface area (Å²) in [5.74, 6) is 0.0106. The Morgan fingerprint density at radius 3 is 2.58 bits per heavy atom. The number of aromatic nitrogens is 2. The monoisotopic (exact) mass is 318 g/mol. The van der Waals surface area contributed by atoms with Crippen LogP contribution in [0.25, 0.3) is 0 Å². The van der Waals surface area contributed by atoms with E-state index in [1.807, 2.05) is 0 Å². The van der Waals surface area contributed by atoms with Gasteiger partial charge in [-0.05, 0) is 30.2 Å². The number of hydrogen-bond acceptors (Lipinski definition) is 3. The van der Waals surface area contributed by atoms with E-state index >= 15 is 0 Å². The molecule has 0 amide bonds. The molecule has 0 saturated heterocycles. The summed E-state index contributed by atoms with van der Waals surface area (Å²) in [7, 11) is -1.58. The third kappa shape index (κ3) is 3.49. The molecule has 0 aliphatic carbocycles. The van der Waals surface area contributed by atoms with E-state index in [-0.39, 0.29) is 15.7 Å². The predicted molar refractivity (Wildman–Crippen MR) is 75.4 cm³/mol. The SMILES string of the molecule is Cn1cc(CCS(=O)(=O)c2ccc(Cl)c(Cl)c2)cn1. The molecule has 0 aliphatic rings. The lowest BCUT2D eigenvalue weighted by molar-refractivity contribution is 0.595. The topological polar surface area (TPSA) is 52.0 Å². The first-order valence-corrected chi connectivity index (χ1v) is 7.94. The summed E-state index contributed by atoms with van der Waals surface area (Å²) in [5.41, 5.74) is 0.881. The highest BCUT2D eigenvalue weighted by Gasteiger charge is 2.16. The second kappa shape index (κ2) is 5.53. The largest absolute Gasteiger partial charge is 0.276 e. The first kappa shape index (κ1) is 14.4. The molecule has 4 nitrogen and oxygen atoms in total. The van der Waals surface area contributed by atoms with Crippen molar-refractivity contribution in [2.75, 3.05) is 5.75 Å². The first-order valence-electron chi connectivity index (χ1n) is 5.54. The normalized spacial score (nSPS) is 11.7. The summed E-state index contributed by atoms with van der Waals surface area (Å²) >= 11 is 11.6. The number of aryl methyl sites for hydroxylation is 2. The summed E-state index contributed by atoms with van der Waals surface area (Å²) in [5, 5.41) is 4.58. The van der Waals surface area contributed by atoms with Gasteiger partial charge in [0.25, 0.3) is 0 Å². The molecule has 102 valence electrons. The zero-order valence-electron chi connectivity index (χ0n) is 10.2. The molecule has 0 fully saturated rings. The lowest BCUT2D eigenvalue weighted by atomic mass is 10.3. The molecule has 1 aromatic heterocycles. The van der Waals surface area contributed by atoms with E-state index in [1.54, 1.807) is 24.1 Å². The number of sulfone groups is 1. The molecule has 0 unspecified atom stereocenters. The van der Waals surface area contributed by atoms with E-state index in [0.29, 0.717) is 11.4 Å². The van der Waals surface area contributed by atoms with Gasteiger partial charge >= 0.3 is 0 Å². The fourth-order valence-corrected chi connectivity index (χ4v) is 3.32. The lowest BCUT2D eigenvalue weighted by Crippen LogP contribution is -2.09. The van der Waals surface area contributed by atoms with Crippen molar-refractivity contribution < 1.29 is 8.42 Å². The van der Waals surface area contributed by atoms with Crippen molar-refractivity contribution in [3.8, 4) is 0 Å². The highest BCUT2D eigenvalue weighted by molar-refractivity contribution is 7.91. The first-order chi connectivity index (χ1) is 8.88. The minimum atomic E-state index is -3.37. The van der Waals surface area contributed by atoms with Crippen LogP contribution in [0.3, 0.4) is 0 Å². The van der Waals surface area contributed by atoms with Crippen molar-refractivity contribution in [1.82, 2.24) is 9.78 Å². The summed E-state index contributed by atoms with van der Waals surface area (Å²) in [6.45, 7) is 0. The van der Waals surface area contributed by atoms with Crippen LogP contribution in [0.15, 0.2) is 35.5 Å². The maximum absolute atomic E-state index is 12.1. The maximum Gasteiger partial charge on any atom is 0.178 e. The maximum atomic E-state index is 12.1. The van der Waals surface area contributed by atoms with E-state index in [2.05, 4.69) is 5.10 Å². The molecule has 0 aliphatic heterocycles. The van der Waals surface area contributed by atoms with Crippen LogP contribution in [0.2, 0.25) is 10.0 Å². The van der Waals surface area contributed by atoms with Crippen molar-refractivity contribution in [2.45, 2.75) is 11.3 Å². The Labute approximate surface area is 121 Å². The van der Waals surface area contributed by atoms with Gasteiger partial charge in [0.2, 0.25) is 0 Å². The Morgan fingerprint density at radius 2 is 2.00 bits per heavy atom. The lowest BCUT2D eigenvalue weighted by Gasteiger charge is -2.05. The van der Waals surface area contributed by atoms with Gasteiger partial charge in [0.1, 0.15) is 0 Å². The standard InChI is InChI=1S/C12H12Cl2N2O2S/c1-16-8-9(7-15-16)4-5-19(17,18)10-2-3-11(13)12(14)6-10/h2-3,6-8H,4-5H2,1H3. The Kier molecular flexibility index (Phi) is 4.18. The second-order valence-corrected chi connectivity index (χ2v) is 7.09. The third-order valence-corrected chi connectivity index (χ3v) is 5.12. The van der Waals surface area contributed by atoms with Crippen LogP contribution >= 0.6 is 23.2 Å². The average Bonchev–Trinajstić information content (AvgIpc) is 2.76. The number of benzene rings is 1. The number of hydrogen-bond donors (Lipinski definition) is 0. The molecule has 0 spiro atoms. The Morgan fingerprint density at radius 1 is 1.26 bits per heavy atom. The van der Waals surface area contributed by atoms with Gasteiger partial charge in [0.15, 0.2) is 9.84 Å². The highest BCUT2D eigenvalue weighted by atomic mass is 35.5. The Bertz CT molecular complexity index is 696. The van der Waals surface area contributed by atoms with E-state index in [9.17, 15) is 8.42 Å². The van der Waals surface area contributed by atoms with Crippen molar-refractivity contribution >= 4 is 33.0 Å². The predicted octanol–water partition coefficient (Wildman–Crippen LogP) is 2.74. The van der Waals surface area contributed by atoms with Crippen LogP contribution in [-0.2, 0) is 23.3 Å². The summed E-state index contributed by atoms with van der Waals surface area (Å²) in [4.78, 5) is 0.186. The molecule has 19 heavy (non-hydrogen) atoms. The van der Waals surface area contributed by atoms with Gasteiger partial charge in [0.05, 0.1) is 26.9 Å². The highest BCUT2D eigenvalue weighted by Crippen LogP contribution is 2.25. The van der Waals surface area contributed by atoms with Crippen LogP contribution in [-0.4, -0.2) is 24.0 Å². The zero-order chi connectivity index (χ0) is 14.0. The quantitative estimate of drug-likeness (QED) is 0.871. The van der Waals surface area contributed by atoms with Gasteiger partial charge in [-0.3, -0.25) is 4.68 Å². The molecular weight excluding hydrogens is 307 g/mol. The average molecular weight is 319 g/mol. The van der Waals surface area contributed by atoms with Gasteiger partial charge in [-0.25, -0.2) is 8.42 Å². The smallest absolute Gasteiger partial charge is 0.178 e. The number of halogens is 2. The van der Waals surface area contributed by atoms with E-state index in [1.165, 1.54) is 18.2 Å². The van der Waals surface area contributed by atoms with Crippen LogP contribution in [0.5, 0.6) is 0 Å². The summed E-state index contributed by atoms with van der Waals surface area (Å²) in [6.07, 6.45) is 3.87.